The Hall–Kier alpha value is -1.21. The largest absolute Gasteiger partial charge is 0.388 e. The maximum absolute atomic E-state index is 13.9. The molecule has 1 aliphatic rings. The van der Waals surface area contributed by atoms with E-state index in [4.69, 9.17) is 16.3 Å². The monoisotopic (exact) mass is 343 g/mol. The van der Waals surface area contributed by atoms with Crippen LogP contribution in [0.4, 0.5) is 4.39 Å². The van der Waals surface area contributed by atoms with Gasteiger partial charge in [-0.3, -0.25) is 4.79 Å². The highest BCUT2D eigenvalue weighted by Crippen LogP contribution is 2.38. The van der Waals surface area contributed by atoms with E-state index in [1.165, 1.54) is 11.0 Å². The van der Waals surface area contributed by atoms with Crippen LogP contribution in [0.5, 0.6) is 0 Å². The molecule has 1 saturated heterocycles. The molecule has 2 atom stereocenters. The first-order valence-electron chi connectivity index (χ1n) is 6.97. The van der Waals surface area contributed by atoms with Gasteiger partial charge in [-0.25, -0.2) is 4.39 Å². The number of ether oxygens (including phenoxy) is 1. The first kappa shape index (κ1) is 15.7. The van der Waals surface area contributed by atoms with Crippen LogP contribution in [0.3, 0.4) is 0 Å². The number of thiophene rings is 1. The Bertz CT molecular complexity index is 720. The van der Waals surface area contributed by atoms with Gasteiger partial charge < -0.3 is 14.7 Å². The molecule has 0 bridgehead atoms. The summed E-state index contributed by atoms with van der Waals surface area (Å²) in [5.74, 6) is -0.743. The van der Waals surface area contributed by atoms with Crippen LogP contribution in [0.25, 0.3) is 10.1 Å². The summed E-state index contributed by atoms with van der Waals surface area (Å²) in [6, 6.07) is 4.24. The molecule has 1 aromatic heterocycles. The molecule has 0 spiro atoms. The molecular formula is C15H15ClFNO3S. The Labute approximate surface area is 136 Å². The lowest BCUT2D eigenvalue weighted by atomic mass is 10.1. The van der Waals surface area contributed by atoms with Gasteiger partial charge in [-0.2, -0.15) is 0 Å². The first-order chi connectivity index (χ1) is 10.5. The van der Waals surface area contributed by atoms with Gasteiger partial charge in [0, 0.05) is 16.6 Å². The summed E-state index contributed by atoms with van der Waals surface area (Å²) >= 11 is 7.39. The number of benzene rings is 1. The van der Waals surface area contributed by atoms with E-state index in [0.717, 1.165) is 11.3 Å². The van der Waals surface area contributed by atoms with Gasteiger partial charge in [-0.15, -0.1) is 11.3 Å². The molecule has 1 fully saturated rings. The highest BCUT2D eigenvalue weighted by Gasteiger charge is 2.35. The summed E-state index contributed by atoms with van der Waals surface area (Å²) in [4.78, 5) is 14.6. The molecule has 1 aromatic carbocycles. The van der Waals surface area contributed by atoms with Crippen LogP contribution in [0.2, 0.25) is 5.02 Å². The van der Waals surface area contributed by atoms with Crippen LogP contribution in [0.15, 0.2) is 18.2 Å². The van der Waals surface area contributed by atoms with Gasteiger partial charge >= 0.3 is 0 Å². The number of amides is 1. The topological polar surface area (TPSA) is 49.8 Å². The van der Waals surface area contributed by atoms with Crippen LogP contribution in [-0.4, -0.2) is 47.8 Å². The smallest absolute Gasteiger partial charge is 0.265 e. The van der Waals surface area contributed by atoms with Crippen LogP contribution >= 0.6 is 22.9 Å². The van der Waals surface area contributed by atoms with Crippen LogP contribution in [-0.2, 0) is 4.74 Å². The van der Waals surface area contributed by atoms with Crippen molar-refractivity contribution in [2.75, 3.05) is 19.8 Å². The maximum Gasteiger partial charge on any atom is 0.265 e. The third kappa shape index (κ3) is 2.50. The minimum Gasteiger partial charge on any atom is -0.388 e. The second kappa shape index (κ2) is 6.12. The zero-order valence-corrected chi connectivity index (χ0v) is 13.5. The standard InChI is InChI=1S/C15H15ClFNO3S/c1-2-18(9-6-21-7-10(9)19)15(20)14-13(16)12-8(17)4-3-5-11(12)22-14/h3-5,9-10,19H,2,6-7H2,1H3/t9-,10-/m0/s1. The highest BCUT2D eigenvalue weighted by molar-refractivity contribution is 7.21. The summed E-state index contributed by atoms with van der Waals surface area (Å²) in [5, 5.41) is 10.3. The Morgan fingerprint density at radius 2 is 2.32 bits per heavy atom. The van der Waals surface area contributed by atoms with Gasteiger partial charge in [0.2, 0.25) is 0 Å². The van der Waals surface area contributed by atoms with E-state index >= 15 is 0 Å². The number of halogens is 2. The SMILES string of the molecule is CCN(C(=O)c1sc2cccc(F)c2c1Cl)[C@H]1COC[C@@H]1O. The number of nitrogens with zero attached hydrogens (tertiary/aromatic N) is 1. The fourth-order valence-corrected chi connectivity index (χ4v) is 4.21. The van der Waals surface area contributed by atoms with Crippen molar-refractivity contribution in [3.63, 3.8) is 0 Å². The van der Waals surface area contributed by atoms with Crippen molar-refractivity contribution in [3.8, 4) is 0 Å². The van der Waals surface area contributed by atoms with Crippen LogP contribution < -0.4 is 0 Å². The number of carbonyl (C=O) groups is 1. The van der Waals surface area contributed by atoms with Gasteiger partial charge in [0.1, 0.15) is 10.7 Å². The molecule has 4 nitrogen and oxygen atoms in total. The first-order valence-corrected chi connectivity index (χ1v) is 8.17. The van der Waals surface area contributed by atoms with Crippen molar-refractivity contribution in [3.05, 3.63) is 33.9 Å². The molecular weight excluding hydrogens is 329 g/mol. The van der Waals surface area contributed by atoms with E-state index < -0.39 is 18.0 Å². The number of likely N-dealkylation sites (N-methyl/N-ethyl adjacent to an activating group) is 1. The third-order valence-electron chi connectivity index (χ3n) is 3.82. The predicted molar refractivity (Wildman–Crippen MR) is 84.1 cm³/mol. The number of aliphatic hydroxyl groups is 1. The predicted octanol–water partition coefficient (Wildman–Crippen LogP) is 2.92. The fraction of sp³-hybridized carbons (Fsp3) is 0.400. The number of rotatable bonds is 3. The van der Waals surface area contributed by atoms with Gasteiger partial charge in [0.05, 0.1) is 30.4 Å². The second-order valence-electron chi connectivity index (χ2n) is 5.12. The minimum atomic E-state index is -0.714. The molecule has 3 rings (SSSR count). The number of fused-ring (bicyclic) bond motifs is 1. The van der Waals surface area contributed by atoms with Crippen molar-refractivity contribution in [1.29, 1.82) is 0 Å². The number of aliphatic hydroxyl groups excluding tert-OH is 1. The Morgan fingerprint density at radius 1 is 1.55 bits per heavy atom. The molecule has 1 amide bonds. The van der Waals surface area contributed by atoms with Crippen molar-refractivity contribution < 1.29 is 19.0 Å². The molecule has 0 aliphatic carbocycles. The van der Waals surface area contributed by atoms with Crippen molar-refractivity contribution >= 4 is 38.9 Å². The molecule has 0 radical (unpaired) electrons. The van der Waals surface area contributed by atoms with Crippen LogP contribution in [0, 0.1) is 5.82 Å². The Kier molecular flexibility index (Phi) is 4.36. The van der Waals surface area contributed by atoms with Gasteiger partial charge in [-0.1, -0.05) is 17.7 Å². The van der Waals surface area contributed by atoms with E-state index in [-0.39, 0.29) is 29.5 Å². The molecule has 2 heterocycles. The molecule has 1 aliphatic heterocycles. The quantitative estimate of drug-likeness (QED) is 0.932. The lowest BCUT2D eigenvalue weighted by Crippen LogP contribution is -2.46. The molecule has 2 aromatic rings. The van der Waals surface area contributed by atoms with E-state index in [1.807, 2.05) is 6.92 Å². The van der Waals surface area contributed by atoms with Gasteiger partial charge in [0.15, 0.2) is 0 Å². The van der Waals surface area contributed by atoms with Gasteiger partial charge in [0.25, 0.3) is 5.91 Å². The van der Waals surface area contributed by atoms with Crippen molar-refractivity contribution in [1.82, 2.24) is 4.90 Å². The zero-order chi connectivity index (χ0) is 15.9. The summed E-state index contributed by atoms with van der Waals surface area (Å²) in [6.45, 7) is 2.74. The van der Waals surface area contributed by atoms with E-state index in [1.54, 1.807) is 12.1 Å². The Balaban J connectivity index is 2.01. The molecule has 118 valence electrons. The average Bonchev–Trinajstić information content (AvgIpc) is 3.05. The normalized spacial score (nSPS) is 21.5. The highest BCUT2D eigenvalue weighted by atomic mass is 35.5. The summed E-state index contributed by atoms with van der Waals surface area (Å²) in [7, 11) is 0. The molecule has 0 unspecified atom stereocenters. The van der Waals surface area contributed by atoms with E-state index in [9.17, 15) is 14.3 Å². The Morgan fingerprint density at radius 3 is 2.91 bits per heavy atom. The van der Waals surface area contributed by atoms with E-state index in [0.29, 0.717) is 16.1 Å². The molecule has 0 saturated carbocycles. The van der Waals surface area contributed by atoms with Gasteiger partial charge in [-0.05, 0) is 19.1 Å². The maximum atomic E-state index is 13.9. The molecule has 22 heavy (non-hydrogen) atoms. The fourth-order valence-electron chi connectivity index (χ4n) is 2.70. The summed E-state index contributed by atoms with van der Waals surface area (Å²) in [5.41, 5.74) is 0. The number of carbonyl (C=O) groups excluding carboxylic acids is 1. The van der Waals surface area contributed by atoms with Crippen molar-refractivity contribution in [2.45, 2.75) is 19.1 Å². The lowest BCUT2D eigenvalue weighted by molar-refractivity contribution is 0.0525. The molecule has 7 heteroatoms. The summed E-state index contributed by atoms with van der Waals surface area (Å²) in [6.07, 6.45) is -0.714. The van der Waals surface area contributed by atoms with Crippen molar-refractivity contribution in [2.24, 2.45) is 0 Å². The summed E-state index contributed by atoms with van der Waals surface area (Å²) < 4.78 is 19.8. The van der Waals surface area contributed by atoms with E-state index in [2.05, 4.69) is 0 Å². The lowest BCUT2D eigenvalue weighted by Gasteiger charge is -2.28. The number of hydrogen-bond donors (Lipinski definition) is 1. The minimum absolute atomic E-state index is 0.134. The molecule has 1 N–H and O–H groups in total. The zero-order valence-electron chi connectivity index (χ0n) is 11.9. The second-order valence-corrected chi connectivity index (χ2v) is 6.55. The average molecular weight is 344 g/mol. The third-order valence-corrected chi connectivity index (χ3v) is 5.46. The number of hydrogen-bond acceptors (Lipinski definition) is 4. The van der Waals surface area contributed by atoms with Crippen LogP contribution in [0.1, 0.15) is 16.6 Å².